The van der Waals surface area contributed by atoms with E-state index in [0.717, 1.165) is 0 Å². The molecule has 4 heteroatoms. The van der Waals surface area contributed by atoms with Crippen LogP contribution in [0.2, 0.25) is 0 Å². The van der Waals surface area contributed by atoms with E-state index < -0.39 is 11.6 Å². The molecule has 0 radical (unpaired) electrons. The van der Waals surface area contributed by atoms with Crippen LogP contribution in [0.4, 0.5) is 13.2 Å². The average Bonchev–Trinajstić information content (AvgIpc) is 2.90. The first-order valence-electron chi connectivity index (χ1n) is 5.44. The Bertz CT molecular complexity index is 581. The number of hydrogen-bond donors (Lipinski definition) is 0. The molecule has 0 saturated carbocycles. The molecule has 1 aromatic carbocycles. The summed E-state index contributed by atoms with van der Waals surface area (Å²) in [5, 5.41) is 3.54. The quantitative estimate of drug-likeness (QED) is 0.742. The van der Waals surface area contributed by atoms with Gasteiger partial charge in [0.2, 0.25) is 0 Å². The van der Waals surface area contributed by atoms with Gasteiger partial charge in [0.05, 0.1) is 0 Å². The highest BCUT2D eigenvalue weighted by Gasteiger charge is 2.65. The SMILES string of the molecule is FC(F)(F)C1(c2ccccc2)C=C1c1ccsc1. The Kier molecular flexibility index (Phi) is 2.38. The molecule has 0 saturated heterocycles. The van der Waals surface area contributed by atoms with Crippen molar-refractivity contribution >= 4 is 16.9 Å². The number of hydrogen-bond acceptors (Lipinski definition) is 1. The van der Waals surface area contributed by atoms with Gasteiger partial charge in [-0.25, -0.2) is 0 Å². The summed E-state index contributed by atoms with van der Waals surface area (Å²) in [6.45, 7) is 0. The molecule has 0 N–H and O–H groups in total. The van der Waals surface area contributed by atoms with Crippen molar-refractivity contribution < 1.29 is 13.2 Å². The van der Waals surface area contributed by atoms with Crippen molar-refractivity contribution in [3.63, 3.8) is 0 Å². The van der Waals surface area contributed by atoms with Crippen LogP contribution < -0.4 is 0 Å². The minimum Gasteiger partial charge on any atom is -0.169 e. The molecular weight excluding hydrogens is 257 g/mol. The van der Waals surface area contributed by atoms with Crippen molar-refractivity contribution in [1.29, 1.82) is 0 Å². The second-order valence-electron chi connectivity index (χ2n) is 4.24. The number of thiophene rings is 1. The highest BCUT2D eigenvalue weighted by atomic mass is 32.1. The van der Waals surface area contributed by atoms with Gasteiger partial charge in [0.15, 0.2) is 0 Å². The predicted molar refractivity (Wildman–Crippen MR) is 66.5 cm³/mol. The summed E-state index contributed by atoms with van der Waals surface area (Å²) in [7, 11) is 0. The van der Waals surface area contributed by atoms with Crippen LogP contribution in [-0.4, -0.2) is 6.18 Å². The Labute approximate surface area is 106 Å². The molecule has 0 amide bonds. The third-order valence-electron chi connectivity index (χ3n) is 3.21. The fourth-order valence-electron chi connectivity index (χ4n) is 2.25. The minimum atomic E-state index is -4.29. The molecule has 0 spiro atoms. The minimum absolute atomic E-state index is 0.290. The smallest absolute Gasteiger partial charge is 0.169 e. The molecule has 1 heterocycles. The number of alkyl halides is 3. The lowest BCUT2D eigenvalue weighted by Gasteiger charge is -2.22. The topological polar surface area (TPSA) is 0 Å². The summed E-state index contributed by atoms with van der Waals surface area (Å²) in [6.07, 6.45) is -2.98. The van der Waals surface area contributed by atoms with Crippen molar-refractivity contribution in [1.82, 2.24) is 0 Å². The molecule has 1 aliphatic carbocycles. The summed E-state index contributed by atoms with van der Waals surface area (Å²) in [5.74, 6) is 0. The Morgan fingerprint density at radius 3 is 2.28 bits per heavy atom. The third-order valence-corrected chi connectivity index (χ3v) is 3.89. The van der Waals surface area contributed by atoms with Gasteiger partial charge in [0, 0.05) is 0 Å². The molecular formula is C14H9F3S. The van der Waals surface area contributed by atoms with Gasteiger partial charge in [-0.3, -0.25) is 0 Å². The molecule has 0 nitrogen and oxygen atoms in total. The van der Waals surface area contributed by atoms with Crippen molar-refractivity contribution in [3.05, 3.63) is 64.4 Å². The number of rotatable bonds is 2. The van der Waals surface area contributed by atoms with Crippen LogP contribution in [-0.2, 0) is 5.41 Å². The molecule has 0 fully saturated rings. The number of allylic oxidation sites excluding steroid dienone is 2. The van der Waals surface area contributed by atoms with E-state index in [1.165, 1.54) is 29.5 Å². The maximum atomic E-state index is 13.4. The van der Waals surface area contributed by atoms with E-state index in [1.807, 2.05) is 0 Å². The van der Waals surface area contributed by atoms with Crippen LogP contribution >= 0.6 is 11.3 Å². The van der Waals surface area contributed by atoms with Crippen molar-refractivity contribution in [3.8, 4) is 0 Å². The predicted octanol–water partition coefficient (Wildman–Crippen LogP) is 4.65. The van der Waals surface area contributed by atoms with Gasteiger partial charge in [0.25, 0.3) is 0 Å². The van der Waals surface area contributed by atoms with Gasteiger partial charge in [-0.1, -0.05) is 36.4 Å². The lowest BCUT2D eigenvalue weighted by atomic mass is 9.88. The molecule has 2 aromatic rings. The van der Waals surface area contributed by atoms with Crippen LogP contribution in [0.3, 0.4) is 0 Å². The van der Waals surface area contributed by atoms with Crippen LogP contribution in [0.1, 0.15) is 11.1 Å². The second kappa shape index (κ2) is 3.72. The summed E-state index contributed by atoms with van der Waals surface area (Å²) in [4.78, 5) is 0. The zero-order chi connectivity index (χ0) is 12.8. The zero-order valence-corrected chi connectivity index (χ0v) is 10.1. The molecule has 92 valence electrons. The molecule has 0 aliphatic heterocycles. The van der Waals surface area contributed by atoms with E-state index in [1.54, 1.807) is 35.0 Å². The van der Waals surface area contributed by atoms with Gasteiger partial charge in [-0.05, 0) is 33.5 Å². The Morgan fingerprint density at radius 1 is 1.00 bits per heavy atom. The number of benzene rings is 1. The van der Waals surface area contributed by atoms with Gasteiger partial charge < -0.3 is 0 Å². The second-order valence-corrected chi connectivity index (χ2v) is 5.02. The Hall–Kier alpha value is -1.55. The molecule has 1 unspecified atom stereocenters. The summed E-state index contributed by atoms with van der Waals surface area (Å²) in [5.41, 5.74) is -0.558. The number of halogens is 3. The monoisotopic (exact) mass is 266 g/mol. The lowest BCUT2D eigenvalue weighted by molar-refractivity contribution is -0.151. The highest BCUT2D eigenvalue weighted by Crippen LogP contribution is 2.61. The first-order valence-corrected chi connectivity index (χ1v) is 6.38. The first kappa shape index (κ1) is 11.5. The highest BCUT2D eigenvalue weighted by molar-refractivity contribution is 7.08. The summed E-state index contributed by atoms with van der Waals surface area (Å²) < 4.78 is 40.1. The van der Waals surface area contributed by atoms with Gasteiger partial charge in [-0.2, -0.15) is 24.5 Å². The lowest BCUT2D eigenvalue weighted by Crippen LogP contribution is -2.31. The zero-order valence-electron chi connectivity index (χ0n) is 9.24. The standard InChI is InChI=1S/C14H9F3S/c15-14(16,17)13(11-4-2-1-3-5-11)8-12(13)10-6-7-18-9-10/h1-9H. The maximum absolute atomic E-state index is 13.4. The molecule has 0 bridgehead atoms. The maximum Gasteiger partial charge on any atom is 0.405 e. The van der Waals surface area contributed by atoms with E-state index in [-0.39, 0.29) is 0 Å². The Morgan fingerprint density at radius 2 is 1.72 bits per heavy atom. The largest absolute Gasteiger partial charge is 0.405 e. The van der Waals surface area contributed by atoms with Gasteiger partial charge in [0.1, 0.15) is 5.41 Å². The molecule has 1 aromatic heterocycles. The van der Waals surface area contributed by atoms with E-state index in [0.29, 0.717) is 16.7 Å². The van der Waals surface area contributed by atoms with Crippen molar-refractivity contribution in [2.45, 2.75) is 11.6 Å². The van der Waals surface area contributed by atoms with Crippen LogP contribution in [0, 0.1) is 0 Å². The molecule has 1 atom stereocenters. The molecule has 18 heavy (non-hydrogen) atoms. The van der Waals surface area contributed by atoms with Crippen LogP contribution in [0.15, 0.2) is 53.2 Å². The van der Waals surface area contributed by atoms with Crippen molar-refractivity contribution in [2.24, 2.45) is 0 Å². The Balaban J connectivity index is 2.06. The summed E-state index contributed by atoms with van der Waals surface area (Å²) >= 11 is 1.41. The normalized spacial score (nSPS) is 22.7. The van der Waals surface area contributed by atoms with Crippen LogP contribution in [0.25, 0.3) is 5.57 Å². The fourth-order valence-corrected chi connectivity index (χ4v) is 2.90. The van der Waals surface area contributed by atoms with Crippen molar-refractivity contribution in [2.75, 3.05) is 0 Å². The fraction of sp³-hybridized carbons (Fsp3) is 0.143. The molecule has 1 aliphatic rings. The van der Waals surface area contributed by atoms with E-state index in [9.17, 15) is 13.2 Å². The van der Waals surface area contributed by atoms with Gasteiger partial charge in [-0.15, -0.1) is 0 Å². The van der Waals surface area contributed by atoms with E-state index >= 15 is 0 Å². The third kappa shape index (κ3) is 1.52. The van der Waals surface area contributed by atoms with E-state index in [2.05, 4.69) is 0 Å². The first-order chi connectivity index (χ1) is 8.56. The average molecular weight is 266 g/mol. The van der Waals surface area contributed by atoms with Gasteiger partial charge >= 0.3 is 6.18 Å². The van der Waals surface area contributed by atoms with E-state index in [4.69, 9.17) is 0 Å². The molecule has 3 rings (SSSR count). The van der Waals surface area contributed by atoms with Crippen LogP contribution in [0.5, 0.6) is 0 Å². The summed E-state index contributed by atoms with van der Waals surface area (Å²) in [6, 6.07) is 9.79.